The van der Waals surface area contributed by atoms with Gasteiger partial charge in [-0.15, -0.1) is 0 Å². The summed E-state index contributed by atoms with van der Waals surface area (Å²) in [5, 5.41) is 0. The summed E-state index contributed by atoms with van der Waals surface area (Å²) in [6.45, 7) is 0. The van der Waals surface area contributed by atoms with Crippen LogP contribution in [0.1, 0.15) is 0 Å². The minimum absolute atomic E-state index is 0.370. The summed E-state index contributed by atoms with van der Waals surface area (Å²) in [6.07, 6.45) is 1.20. The Labute approximate surface area is 60.4 Å². The standard InChI is InChI=1S/C7H8O2S/c1-10(8,9)7-5-3-2-4-6-7/h2-6H,1H3/i1+2. The average Bonchev–Trinajstić information content (AvgIpc) is 1.88. The molecule has 0 amide bonds. The summed E-state index contributed by atoms with van der Waals surface area (Å²) in [5.74, 6) is 0. The second kappa shape index (κ2) is 2.42. The largest absolute Gasteiger partial charge is 0.224 e. The van der Waals surface area contributed by atoms with E-state index in [1.54, 1.807) is 30.3 Å². The molecule has 10 heavy (non-hydrogen) atoms. The molecule has 0 unspecified atom stereocenters. The maximum Gasteiger partial charge on any atom is 0.175 e. The summed E-state index contributed by atoms with van der Waals surface area (Å²) in [5.41, 5.74) is 0. The van der Waals surface area contributed by atoms with Gasteiger partial charge in [-0.05, 0) is 12.1 Å². The van der Waals surface area contributed by atoms with Crippen LogP contribution in [0.4, 0.5) is 0 Å². The Morgan fingerprint density at radius 2 is 1.60 bits per heavy atom. The molecular formula is C7H8O2S. The van der Waals surface area contributed by atoms with E-state index in [1.807, 2.05) is 0 Å². The predicted molar refractivity (Wildman–Crippen MR) is 39.6 cm³/mol. The molecule has 0 saturated heterocycles. The van der Waals surface area contributed by atoms with Crippen LogP contribution in [0.15, 0.2) is 35.2 Å². The minimum atomic E-state index is -3.00. The Bertz CT molecular complexity index is 300. The Morgan fingerprint density at radius 3 is 1.90 bits per heavy atom. The highest BCUT2D eigenvalue weighted by atomic mass is 32.2. The van der Waals surface area contributed by atoms with Gasteiger partial charge < -0.3 is 0 Å². The molecule has 0 N–H and O–H groups in total. The molecule has 2 nitrogen and oxygen atoms in total. The van der Waals surface area contributed by atoms with E-state index in [4.69, 9.17) is 0 Å². The minimum Gasteiger partial charge on any atom is -0.224 e. The van der Waals surface area contributed by atoms with E-state index < -0.39 is 9.84 Å². The molecule has 0 spiro atoms. The Hall–Kier alpha value is -0.830. The van der Waals surface area contributed by atoms with Crippen LogP contribution in [0.2, 0.25) is 0 Å². The van der Waals surface area contributed by atoms with Crippen LogP contribution in [-0.2, 0) is 9.84 Å². The van der Waals surface area contributed by atoms with E-state index in [9.17, 15) is 8.42 Å². The van der Waals surface area contributed by atoms with Crippen molar-refractivity contribution >= 4 is 9.84 Å². The normalized spacial score (nSPS) is 11.3. The van der Waals surface area contributed by atoms with Gasteiger partial charge in [0.1, 0.15) is 0 Å². The monoisotopic (exact) mass is 158 g/mol. The molecule has 0 radical (unpaired) electrons. The third-order valence-electron chi connectivity index (χ3n) is 1.17. The van der Waals surface area contributed by atoms with Crippen LogP contribution in [0.3, 0.4) is 0 Å². The third-order valence-corrected chi connectivity index (χ3v) is 2.30. The van der Waals surface area contributed by atoms with Crippen molar-refractivity contribution < 1.29 is 8.42 Å². The van der Waals surface area contributed by atoms with E-state index in [-0.39, 0.29) is 0 Å². The first-order chi connectivity index (χ1) is 4.61. The highest BCUT2D eigenvalue weighted by Crippen LogP contribution is 2.05. The lowest BCUT2D eigenvalue weighted by atomic mass is 10.4. The molecule has 0 aliphatic heterocycles. The molecule has 1 aromatic rings. The zero-order valence-corrected chi connectivity index (χ0v) is 6.43. The van der Waals surface area contributed by atoms with E-state index in [1.165, 1.54) is 6.26 Å². The highest BCUT2D eigenvalue weighted by Gasteiger charge is 2.02. The van der Waals surface area contributed by atoms with Crippen LogP contribution in [0.5, 0.6) is 0 Å². The van der Waals surface area contributed by atoms with E-state index in [2.05, 4.69) is 0 Å². The lowest BCUT2D eigenvalue weighted by Gasteiger charge is -1.93. The Balaban J connectivity index is 3.22. The first kappa shape index (κ1) is 7.28. The lowest BCUT2D eigenvalue weighted by Crippen LogP contribution is -1.95. The predicted octanol–water partition coefficient (Wildman–Crippen LogP) is 1.09. The van der Waals surface area contributed by atoms with Gasteiger partial charge >= 0.3 is 0 Å². The van der Waals surface area contributed by atoms with Gasteiger partial charge in [0.05, 0.1) is 4.90 Å². The van der Waals surface area contributed by atoms with Crippen molar-refractivity contribution in [3.8, 4) is 0 Å². The van der Waals surface area contributed by atoms with Gasteiger partial charge in [-0.25, -0.2) is 8.42 Å². The van der Waals surface area contributed by atoms with Crippen molar-refractivity contribution in [2.75, 3.05) is 6.26 Å². The van der Waals surface area contributed by atoms with Crippen LogP contribution < -0.4 is 0 Å². The van der Waals surface area contributed by atoms with Crippen LogP contribution in [0.25, 0.3) is 0 Å². The number of hydrogen-bond acceptors (Lipinski definition) is 2. The SMILES string of the molecule is [14CH3]S(=O)(=O)c1ccccc1. The molecule has 3 heteroatoms. The van der Waals surface area contributed by atoms with Gasteiger partial charge in [-0.1, -0.05) is 18.2 Å². The van der Waals surface area contributed by atoms with Gasteiger partial charge in [0, 0.05) is 6.26 Å². The molecule has 1 rings (SSSR count). The maximum atomic E-state index is 10.8. The molecule has 0 saturated carbocycles. The molecule has 0 bridgehead atoms. The highest BCUT2D eigenvalue weighted by molar-refractivity contribution is 7.90. The summed E-state index contributed by atoms with van der Waals surface area (Å²) < 4.78 is 21.7. The van der Waals surface area contributed by atoms with Gasteiger partial charge in [0.2, 0.25) is 0 Å². The van der Waals surface area contributed by atoms with Crippen molar-refractivity contribution in [1.82, 2.24) is 0 Å². The number of benzene rings is 1. The summed E-state index contributed by atoms with van der Waals surface area (Å²) in [7, 11) is -3.00. The van der Waals surface area contributed by atoms with E-state index in [0.29, 0.717) is 4.90 Å². The molecule has 0 heterocycles. The average molecular weight is 158 g/mol. The van der Waals surface area contributed by atoms with Crippen molar-refractivity contribution in [1.29, 1.82) is 0 Å². The van der Waals surface area contributed by atoms with Crippen molar-refractivity contribution in [2.45, 2.75) is 4.90 Å². The Morgan fingerprint density at radius 1 is 1.10 bits per heavy atom. The van der Waals surface area contributed by atoms with Crippen LogP contribution in [0, 0.1) is 0 Å². The smallest absolute Gasteiger partial charge is 0.175 e. The molecule has 1 aromatic carbocycles. The fraction of sp³-hybridized carbons (Fsp3) is 0.143. The first-order valence-corrected chi connectivity index (χ1v) is 4.75. The van der Waals surface area contributed by atoms with Crippen LogP contribution >= 0.6 is 0 Å². The van der Waals surface area contributed by atoms with E-state index >= 15 is 0 Å². The van der Waals surface area contributed by atoms with E-state index in [0.717, 1.165) is 0 Å². The van der Waals surface area contributed by atoms with Crippen molar-refractivity contribution in [3.63, 3.8) is 0 Å². The fourth-order valence-electron chi connectivity index (χ4n) is 0.668. The Kier molecular flexibility index (Phi) is 1.76. The third kappa shape index (κ3) is 1.57. The number of sulfone groups is 1. The summed E-state index contributed by atoms with van der Waals surface area (Å²) in [6, 6.07) is 8.35. The molecule has 54 valence electrons. The second-order valence-electron chi connectivity index (χ2n) is 2.09. The van der Waals surface area contributed by atoms with Crippen molar-refractivity contribution in [2.24, 2.45) is 0 Å². The summed E-state index contributed by atoms with van der Waals surface area (Å²) >= 11 is 0. The van der Waals surface area contributed by atoms with Gasteiger partial charge in [-0.3, -0.25) is 0 Å². The molecule has 0 aromatic heterocycles. The quantitative estimate of drug-likeness (QED) is 0.613. The first-order valence-electron chi connectivity index (χ1n) is 2.86. The zero-order chi connectivity index (χ0) is 7.61. The van der Waals surface area contributed by atoms with Crippen LogP contribution in [-0.4, -0.2) is 14.7 Å². The molecule has 0 aliphatic rings. The number of hydrogen-bond donors (Lipinski definition) is 0. The van der Waals surface area contributed by atoms with Gasteiger partial charge in [0.15, 0.2) is 9.84 Å². The fourth-order valence-corrected chi connectivity index (χ4v) is 1.32. The van der Waals surface area contributed by atoms with Gasteiger partial charge in [0.25, 0.3) is 0 Å². The maximum absolute atomic E-state index is 10.8. The number of rotatable bonds is 1. The second-order valence-corrected chi connectivity index (χ2v) is 4.10. The summed E-state index contributed by atoms with van der Waals surface area (Å²) in [4.78, 5) is 0.370. The topological polar surface area (TPSA) is 34.1 Å². The lowest BCUT2D eigenvalue weighted by molar-refractivity contribution is 0.602. The van der Waals surface area contributed by atoms with Crippen molar-refractivity contribution in [3.05, 3.63) is 30.3 Å². The zero-order valence-electron chi connectivity index (χ0n) is 5.61. The van der Waals surface area contributed by atoms with Gasteiger partial charge in [-0.2, -0.15) is 0 Å². The molecular weight excluding hydrogens is 150 g/mol. The molecule has 0 fully saturated rings. The molecule has 0 atom stereocenters. The molecule has 0 aliphatic carbocycles.